The molecule has 1 aliphatic heterocycles. The zero-order valence-corrected chi connectivity index (χ0v) is 13.6. The van der Waals surface area contributed by atoms with Gasteiger partial charge in [0.1, 0.15) is 5.69 Å². The van der Waals surface area contributed by atoms with Crippen molar-refractivity contribution in [3.8, 4) is 0 Å². The van der Waals surface area contributed by atoms with Gasteiger partial charge in [-0.05, 0) is 37.1 Å². The van der Waals surface area contributed by atoms with Gasteiger partial charge in [0, 0.05) is 24.8 Å². The van der Waals surface area contributed by atoms with Gasteiger partial charge in [0.25, 0.3) is 5.91 Å². The minimum atomic E-state index is -0.00216. The lowest BCUT2D eigenvalue weighted by Gasteiger charge is -2.23. The van der Waals surface area contributed by atoms with Crippen LogP contribution in [0.25, 0.3) is 0 Å². The van der Waals surface area contributed by atoms with Gasteiger partial charge >= 0.3 is 0 Å². The Kier molecular flexibility index (Phi) is 3.45. The van der Waals surface area contributed by atoms with Crippen LogP contribution in [0.1, 0.15) is 34.7 Å². The summed E-state index contributed by atoms with van der Waals surface area (Å²) < 4.78 is 6.87. The highest BCUT2D eigenvalue weighted by molar-refractivity contribution is 6.06. The minimum absolute atomic E-state index is 0.00216. The van der Waals surface area contributed by atoms with E-state index in [1.54, 1.807) is 6.92 Å². The third kappa shape index (κ3) is 2.40. The van der Waals surface area contributed by atoms with Crippen molar-refractivity contribution in [1.29, 1.82) is 0 Å². The number of rotatable bonds is 3. The maximum atomic E-state index is 13.1. The van der Waals surface area contributed by atoms with E-state index in [-0.39, 0.29) is 11.9 Å². The normalized spacial score (nSPS) is 16.4. The molecule has 2 aromatic heterocycles. The summed E-state index contributed by atoms with van der Waals surface area (Å²) in [5.41, 5.74) is 2.84. The zero-order valence-electron chi connectivity index (χ0n) is 13.6. The van der Waals surface area contributed by atoms with Gasteiger partial charge in [-0.1, -0.05) is 23.4 Å². The van der Waals surface area contributed by atoms with Crippen LogP contribution in [0.3, 0.4) is 0 Å². The molecule has 3 aromatic rings. The summed E-state index contributed by atoms with van der Waals surface area (Å²) in [6.45, 7) is 4.24. The smallest absolute Gasteiger partial charge is 0.275 e. The van der Waals surface area contributed by atoms with Crippen LogP contribution in [-0.4, -0.2) is 26.7 Å². The van der Waals surface area contributed by atoms with Crippen LogP contribution in [0.5, 0.6) is 0 Å². The van der Waals surface area contributed by atoms with Crippen LogP contribution in [0.4, 0.5) is 5.69 Å². The molecule has 6 heteroatoms. The molecule has 0 unspecified atom stereocenters. The van der Waals surface area contributed by atoms with Crippen LogP contribution in [0, 0.1) is 6.92 Å². The average molecular weight is 322 g/mol. The van der Waals surface area contributed by atoms with Crippen LogP contribution >= 0.6 is 0 Å². The Hall–Kier alpha value is -2.89. The molecule has 122 valence electrons. The highest BCUT2D eigenvalue weighted by Gasteiger charge is 2.32. The number of aryl methyl sites for hydroxylation is 1. The summed E-state index contributed by atoms with van der Waals surface area (Å²) >= 11 is 0. The molecular weight excluding hydrogens is 304 g/mol. The van der Waals surface area contributed by atoms with E-state index in [0.717, 1.165) is 12.1 Å². The highest BCUT2D eigenvalue weighted by Crippen LogP contribution is 2.33. The summed E-state index contributed by atoms with van der Waals surface area (Å²) in [4.78, 5) is 19.2. The first kappa shape index (κ1) is 14.7. The number of hydrogen-bond donors (Lipinski definition) is 0. The lowest BCUT2D eigenvalue weighted by Crippen LogP contribution is -2.37. The molecule has 1 aromatic carbocycles. The number of amides is 1. The summed E-state index contributed by atoms with van der Waals surface area (Å²) in [7, 11) is 0. The van der Waals surface area contributed by atoms with Crippen LogP contribution in [-0.2, 0) is 13.0 Å². The zero-order chi connectivity index (χ0) is 16.7. The summed E-state index contributed by atoms with van der Waals surface area (Å²) in [5, 5.41) is 3.91. The van der Waals surface area contributed by atoms with Crippen molar-refractivity contribution in [2.45, 2.75) is 32.9 Å². The fourth-order valence-corrected chi connectivity index (χ4v) is 3.30. The van der Waals surface area contributed by atoms with Crippen molar-refractivity contribution in [2.24, 2.45) is 0 Å². The summed E-state index contributed by atoms with van der Waals surface area (Å²) in [6, 6.07) is 11.9. The van der Waals surface area contributed by atoms with Gasteiger partial charge in [-0.3, -0.25) is 4.79 Å². The fraction of sp³-hybridized carbons (Fsp3) is 0.278. The Morgan fingerprint density at radius 2 is 2.12 bits per heavy atom. The largest absolute Gasteiger partial charge is 0.340 e. The molecule has 1 aliphatic rings. The van der Waals surface area contributed by atoms with Crippen molar-refractivity contribution >= 4 is 11.6 Å². The number of nitrogens with zero attached hydrogens (tertiary/aromatic N) is 4. The monoisotopic (exact) mass is 322 g/mol. The Balaban J connectivity index is 1.65. The summed E-state index contributed by atoms with van der Waals surface area (Å²) in [5.74, 6) is 1.08. The average Bonchev–Trinajstić information content (AvgIpc) is 3.25. The highest BCUT2D eigenvalue weighted by atomic mass is 16.5. The Morgan fingerprint density at radius 3 is 2.92 bits per heavy atom. The van der Waals surface area contributed by atoms with Crippen LogP contribution < -0.4 is 4.90 Å². The van der Waals surface area contributed by atoms with Gasteiger partial charge < -0.3 is 14.0 Å². The fourth-order valence-electron chi connectivity index (χ4n) is 3.30. The van der Waals surface area contributed by atoms with E-state index in [1.165, 1.54) is 5.56 Å². The van der Waals surface area contributed by atoms with Crippen molar-refractivity contribution in [3.05, 3.63) is 65.6 Å². The molecule has 3 heterocycles. The van der Waals surface area contributed by atoms with Crippen molar-refractivity contribution in [1.82, 2.24) is 14.7 Å². The van der Waals surface area contributed by atoms with Gasteiger partial charge in [0.05, 0.1) is 6.54 Å². The Bertz CT molecular complexity index is 896. The molecule has 0 aliphatic carbocycles. The second-order valence-electron chi connectivity index (χ2n) is 6.11. The molecule has 0 spiro atoms. The maximum absolute atomic E-state index is 13.1. The predicted octanol–water partition coefficient (Wildman–Crippen LogP) is 2.82. The van der Waals surface area contributed by atoms with E-state index in [2.05, 4.69) is 23.1 Å². The van der Waals surface area contributed by atoms with Gasteiger partial charge in [0.15, 0.2) is 5.82 Å². The molecule has 1 atom stereocenters. The lowest BCUT2D eigenvalue weighted by atomic mass is 10.1. The molecule has 4 rings (SSSR count). The third-order valence-electron chi connectivity index (χ3n) is 4.36. The van der Waals surface area contributed by atoms with Crippen molar-refractivity contribution < 1.29 is 9.32 Å². The van der Waals surface area contributed by atoms with Gasteiger partial charge in [0.2, 0.25) is 5.89 Å². The molecule has 0 radical (unpaired) electrons. The number of aromatic nitrogens is 3. The third-order valence-corrected chi connectivity index (χ3v) is 4.36. The first-order chi connectivity index (χ1) is 11.6. The Labute approximate surface area is 139 Å². The van der Waals surface area contributed by atoms with Crippen molar-refractivity contribution in [2.75, 3.05) is 4.90 Å². The minimum Gasteiger partial charge on any atom is -0.340 e. The molecule has 24 heavy (non-hydrogen) atoms. The quantitative estimate of drug-likeness (QED) is 0.744. The van der Waals surface area contributed by atoms with E-state index >= 15 is 0 Å². The topological polar surface area (TPSA) is 64.2 Å². The maximum Gasteiger partial charge on any atom is 0.275 e. The van der Waals surface area contributed by atoms with Crippen LogP contribution in [0.2, 0.25) is 0 Å². The number of fused-ring (bicyclic) bond motifs is 1. The molecule has 0 saturated carbocycles. The van der Waals surface area contributed by atoms with Gasteiger partial charge in [-0.15, -0.1) is 0 Å². The standard InChI is InChI=1S/C18H18N4O2/c1-12-10-14-6-3-4-7-15(14)22(12)18(23)16-8-5-9-21(16)11-17-19-13(2)24-20-17/h3-9,12H,10-11H2,1-2H3/t12-/m0/s1. The number of carbonyl (C=O) groups excluding carboxylic acids is 1. The first-order valence-corrected chi connectivity index (χ1v) is 7.99. The molecular formula is C18H18N4O2. The van der Waals surface area contributed by atoms with Crippen molar-refractivity contribution in [3.63, 3.8) is 0 Å². The second kappa shape index (κ2) is 5.63. The number of benzene rings is 1. The lowest BCUT2D eigenvalue weighted by molar-refractivity contribution is 0.0973. The van der Waals surface area contributed by atoms with Gasteiger partial charge in [-0.2, -0.15) is 4.98 Å². The van der Waals surface area contributed by atoms with E-state index < -0.39 is 0 Å². The number of carbonyl (C=O) groups is 1. The molecule has 0 fully saturated rings. The SMILES string of the molecule is Cc1nc(Cn2cccc2C(=O)N2c3ccccc3C[C@@H]2C)no1. The summed E-state index contributed by atoms with van der Waals surface area (Å²) in [6.07, 6.45) is 2.75. The number of anilines is 1. The first-order valence-electron chi connectivity index (χ1n) is 7.99. The number of hydrogen-bond acceptors (Lipinski definition) is 4. The van der Waals surface area contributed by atoms with E-state index in [4.69, 9.17) is 4.52 Å². The van der Waals surface area contributed by atoms with E-state index in [0.29, 0.717) is 24.0 Å². The molecule has 0 bridgehead atoms. The number of para-hydroxylation sites is 1. The molecule has 1 amide bonds. The van der Waals surface area contributed by atoms with E-state index in [1.807, 2.05) is 46.0 Å². The van der Waals surface area contributed by atoms with Crippen LogP contribution in [0.15, 0.2) is 47.1 Å². The second-order valence-corrected chi connectivity index (χ2v) is 6.11. The molecule has 0 saturated heterocycles. The molecule has 6 nitrogen and oxygen atoms in total. The van der Waals surface area contributed by atoms with Gasteiger partial charge in [-0.25, -0.2) is 0 Å². The predicted molar refractivity (Wildman–Crippen MR) is 89.0 cm³/mol. The Morgan fingerprint density at radius 1 is 1.29 bits per heavy atom. The van der Waals surface area contributed by atoms with E-state index in [9.17, 15) is 4.79 Å². The molecule has 0 N–H and O–H groups in total.